The number of hydrogen-bond acceptors (Lipinski definition) is 2. The van der Waals surface area contributed by atoms with E-state index in [1.54, 1.807) is 4.90 Å². The summed E-state index contributed by atoms with van der Waals surface area (Å²) in [6.07, 6.45) is 4.06. The topological polar surface area (TPSA) is 40.6 Å². The number of piperazine rings is 1. The average molecular weight is 300 g/mol. The molecule has 1 aromatic carbocycles. The van der Waals surface area contributed by atoms with Crippen LogP contribution in [-0.2, 0) is 16.1 Å². The Bertz CT molecular complexity index is 593. The maximum atomic E-state index is 12.3. The molecule has 0 N–H and O–H groups in total. The van der Waals surface area contributed by atoms with Crippen molar-refractivity contribution >= 4 is 11.8 Å². The van der Waals surface area contributed by atoms with Gasteiger partial charge in [0.15, 0.2) is 0 Å². The molecule has 22 heavy (non-hydrogen) atoms. The molecule has 2 amide bonds. The zero-order valence-corrected chi connectivity index (χ0v) is 13.6. The molecule has 1 fully saturated rings. The predicted molar refractivity (Wildman–Crippen MR) is 87.3 cm³/mol. The second-order valence-electron chi connectivity index (χ2n) is 5.82. The van der Waals surface area contributed by atoms with E-state index in [2.05, 4.69) is 32.0 Å². The van der Waals surface area contributed by atoms with Crippen molar-refractivity contribution in [2.75, 3.05) is 19.6 Å². The summed E-state index contributed by atoms with van der Waals surface area (Å²) in [6.45, 7) is 8.09. The van der Waals surface area contributed by atoms with E-state index < -0.39 is 0 Å². The van der Waals surface area contributed by atoms with E-state index in [0.717, 1.165) is 5.56 Å². The van der Waals surface area contributed by atoms with Gasteiger partial charge in [0.25, 0.3) is 0 Å². The zero-order valence-electron chi connectivity index (χ0n) is 13.6. The van der Waals surface area contributed by atoms with Gasteiger partial charge >= 0.3 is 0 Å². The fraction of sp³-hybridized carbons (Fsp3) is 0.444. The highest BCUT2D eigenvalue weighted by Gasteiger charge is 2.26. The smallest absolute Gasteiger partial charge is 0.242 e. The van der Waals surface area contributed by atoms with Crippen molar-refractivity contribution in [2.24, 2.45) is 0 Å². The molecular formula is C18H24N2O2. The first-order valence-corrected chi connectivity index (χ1v) is 7.74. The van der Waals surface area contributed by atoms with Crippen LogP contribution in [0.3, 0.4) is 0 Å². The van der Waals surface area contributed by atoms with Gasteiger partial charge in [-0.1, -0.05) is 30.4 Å². The number of carbonyl (C=O) groups is 2. The molecule has 0 spiro atoms. The first-order chi connectivity index (χ1) is 10.5. The Balaban J connectivity index is 1.94. The summed E-state index contributed by atoms with van der Waals surface area (Å²) in [4.78, 5) is 27.7. The van der Waals surface area contributed by atoms with Crippen LogP contribution in [0.4, 0.5) is 0 Å². The molecule has 1 aliphatic rings. The summed E-state index contributed by atoms with van der Waals surface area (Å²) >= 11 is 0. The second kappa shape index (κ2) is 7.25. The van der Waals surface area contributed by atoms with Crippen molar-refractivity contribution in [3.63, 3.8) is 0 Å². The second-order valence-corrected chi connectivity index (χ2v) is 5.82. The SMILES string of the molecule is CC=CCC(=O)N1CCN(Cc2ccc(C)c(C)c2)C(=O)C1. The highest BCUT2D eigenvalue weighted by atomic mass is 16.2. The third kappa shape index (κ3) is 3.97. The largest absolute Gasteiger partial charge is 0.335 e. The number of allylic oxidation sites excluding steroid dienone is 1. The van der Waals surface area contributed by atoms with Gasteiger partial charge in [-0.25, -0.2) is 0 Å². The van der Waals surface area contributed by atoms with Crippen molar-refractivity contribution in [2.45, 2.75) is 33.7 Å². The van der Waals surface area contributed by atoms with Gasteiger partial charge in [0.1, 0.15) is 0 Å². The van der Waals surface area contributed by atoms with Crippen LogP contribution >= 0.6 is 0 Å². The van der Waals surface area contributed by atoms with Crippen LogP contribution in [0.2, 0.25) is 0 Å². The molecule has 1 heterocycles. The van der Waals surface area contributed by atoms with Gasteiger partial charge in [0.2, 0.25) is 11.8 Å². The fourth-order valence-electron chi connectivity index (χ4n) is 2.56. The van der Waals surface area contributed by atoms with Crippen molar-refractivity contribution < 1.29 is 9.59 Å². The number of benzene rings is 1. The Labute approximate surface area is 132 Å². The summed E-state index contributed by atoms with van der Waals surface area (Å²) in [5, 5.41) is 0. The first-order valence-electron chi connectivity index (χ1n) is 7.74. The number of carbonyl (C=O) groups excluding carboxylic acids is 2. The summed E-state index contributed by atoms with van der Waals surface area (Å²) in [5.41, 5.74) is 3.64. The lowest BCUT2D eigenvalue weighted by molar-refractivity contribution is -0.145. The van der Waals surface area contributed by atoms with Gasteiger partial charge in [-0.3, -0.25) is 9.59 Å². The molecule has 1 saturated heterocycles. The highest BCUT2D eigenvalue weighted by molar-refractivity contribution is 5.86. The molecule has 4 heteroatoms. The lowest BCUT2D eigenvalue weighted by Gasteiger charge is -2.34. The summed E-state index contributed by atoms with van der Waals surface area (Å²) in [7, 11) is 0. The number of amides is 2. The maximum absolute atomic E-state index is 12.3. The van der Waals surface area contributed by atoms with E-state index in [9.17, 15) is 9.59 Å². The molecule has 1 aliphatic heterocycles. The predicted octanol–water partition coefficient (Wildman–Crippen LogP) is 2.44. The lowest BCUT2D eigenvalue weighted by Crippen LogP contribution is -2.51. The van der Waals surface area contributed by atoms with Crippen LogP contribution < -0.4 is 0 Å². The van der Waals surface area contributed by atoms with E-state index in [0.29, 0.717) is 26.1 Å². The summed E-state index contributed by atoms with van der Waals surface area (Å²) in [6, 6.07) is 6.29. The van der Waals surface area contributed by atoms with Crippen molar-refractivity contribution in [3.05, 3.63) is 47.0 Å². The Hall–Kier alpha value is -2.10. The van der Waals surface area contributed by atoms with Crippen LogP contribution in [0.5, 0.6) is 0 Å². The van der Waals surface area contributed by atoms with E-state index in [1.165, 1.54) is 11.1 Å². The summed E-state index contributed by atoms with van der Waals surface area (Å²) < 4.78 is 0. The maximum Gasteiger partial charge on any atom is 0.242 e. The molecule has 118 valence electrons. The van der Waals surface area contributed by atoms with E-state index in [1.807, 2.05) is 24.0 Å². The fourth-order valence-corrected chi connectivity index (χ4v) is 2.56. The number of hydrogen-bond donors (Lipinski definition) is 0. The number of rotatable bonds is 4. The van der Waals surface area contributed by atoms with E-state index in [4.69, 9.17) is 0 Å². The van der Waals surface area contributed by atoms with Crippen LogP contribution in [0, 0.1) is 13.8 Å². The lowest BCUT2D eigenvalue weighted by atomic mass is 10.1. The standard InChI is InChI=1S/C18H24N2O2/c1-4-5-6-17(21)20-10-9-19(18(22)13-20)12-16-8-7-14(2)15(3)11-16/h4-5,7-8,11H,6,9-10,12-13H2,1-3H3. The Morgan fingerprint density at radius 3 is 2.64 bits per heavy atom. The Kier molecular flexibility index (Phi) is 5.36. The third-order valence-electron chi connectivity index (χ3n) is 4.14. The highest BCUT2D eigenvalue weighted by Crippen LogP contribution is 2.14. The third-order valence-corrected chi connectivity index (χ3v) is 4.14. The molecule has 0 unspecified atom stereocenters. The number of aryl methyl sites for hydroxylation is 2. The van der Waals surface area contributed by atoms with Gasteiger partial charge in [-0.05, 0) is 37.5 Å². The minimum Gasteiger partial charge on any atom is -0.335 e. The van der Waals surface area contributed by atoms with Gasteiger partial charge in [0.05, 0.1) is 6.54 Å². The molecular weight excluding hydrogens is 276 g/mol. The summed E-state index contributed by atoms with van der Waals surface area (Å²) in [5.74, 6) is 0.0515. The molecule has 0 aliphatic carbocycles. The Morgan fingerprint density at radius 1 is 1.23 bits per heavy atom. The van der Waals surface area contributed by atoms with Gasteiger partial charge in [-0.2, -0.15) is 0 Å². The molecule has 4 nitrogen and oxygen atoms in total. The monoisotopic (exact) mass is 300 g/mol. The zero-order chi connectivity index (χ0) is 16.1. The molecule has 0 atom stereocenters. The molecule has 1 aromatic rings. The average Bonchev–Trinajstić information content (AvgIpc) is 2.50. The quantitative estimate of drug-likeness (QED) is 0.801. The molecule has 2 rings (SSSR count). The Morgan fingerprint density at radius 2 is 2.00 bits per heavy atom. The van der Waals surface area contributed by atoms with Crippen LogP contribution in [0.15, 0.2) is 30.4 Å². The molecule has 0 bridgehead atoms. The first kappa shape index (κ1) is 16.3. The van der Waals surface area contributed by atoms with E-state index in [-0.39, 0.29) is 18.4 Å². The molecule has 0 aromatic heterocycles. The normalized spacial score (nSPS) is 15.7. The number of nitrogens with zero attached hydrogens (tertiary/aromatic N) is 2. The van der Waals surface area contributed by atoms with Crippen LogP contribution in [0.25, 0.3) is 0 Å². The molecule has 0 radical (unpaired) electrons. The van der Waals surface area contributed by atoms with Gasteiger partial charge in [0, 0.05) is 26.1 Å². The van der Waals surface area contributed by atoms with Gasteiger partial charge in [-0.15, -0.1) is 0 Å². The van der Waals surface area contributed by atoms with Gasteiger partial charge < -0.3 is 9.80 Å². The van der Waals surface area contributed by atoms with Crippen molar-refractivity contribution in [1.82, 2.24) is 9.80 Å². The van der Waals surface area contributed by atoms with Crippen molar-refractivity contribution in [3.8, 4) is 0 Å². The van der Waals surface area contributed by atoms with Crippen LogP contribution in [0.1, 0.15) is 30.0 Å². The minimum atomic E-state index is 0.0253. The minimum absolute atomic E-state index is 0.0253. The van der Waals surface area contributed by atoms with Crippen molar-refractivity contribution in [1.29, 1.82) is 0 Å². The van der Waals surface area contributed by atoms with Crippen LogP contribution in [-0.4, -0.2) is 41.2 Å². The molecule has 0 saturated carbocycles. The van der Waals surface area contributed by atoms with E-state index >= 15 is 0 Å².